The van der Waals surface area contributed by atoms with E-state index in [0.717, 1.165) is 0 Å². The summed E-state index contributed by atoms with van der Waals surface area (Å²) < 4.78 is 0. The normalized spacial score (nSPS) is 30.9. The number of nitrogens with one attached hydrogen (secondary N) is 2. The Morgan fingerprint density at radius 2 is 1.93 bits per heavy atom. The first-order chi connectivity index (χ1) is 6.70. The van der Waals surface area contributed by atoms with E-state index in [1.165, 1.54) is 25.9 Å². The summed E-state index contributed by atoms with van der Waals surface area (Å²) in [5, 5.41) is 23.1. The number of β-amino-alcohol motifs (C(OH)–C–C–N with tert-alkyl or cyclic N) is 1. The number of aliphatic hydroxyl groups excluding tert-OH is 1. The number of carboxylic acids is 1. The molecule has 2 aliphatic rings. The van der Waals surface area contributed by atoms with Crippen molar-refractivity contribution in [3.05, 3.63) is 0 Å². The van der Waals surface area contributed by atoms with Crippen LogP contribution in [0.3, 0.4) is 0 Å². The van der Waals surface area contributed by atoms with Gasteiger partial charge in [0.1, 0.15) is 6.04 Å². The van der Waals surface area contributed by atoms with Crippen molar-refractivity contribution in [3.8, 4) is 0 Å². The molecule has 2 saturated heterocycles. The lowest BCUT2D eigenvalue weighted by Gasteiger charge is -1.99. The molecule has 0 radical (unpaired) electrons. The molecule has 5 nitrogen and oxygen atoms in total. The molecule has 0 spiro atoms. The fourth-order valence-electron chi connectivity index (χ4n) is 1.53. The first-order valence-corrected chi connectivity index (χ1v) is 5.05. The third kappa shape index (κ3) is 4.04. The minimum Gasteiger partial charge on any atom is -0.480 e. The second kappa shape index (κ2) is 5.95. The molecule has 0 saturated carbocycles. The molecule has 4 N–H and O–H groups in total. The minimum absolute atomic E-state index is 0.329. The van der Waals surface area contributed by atoms with Crippen LogP contribution in [0.4, 0.5) is 0 Å². The molecule has 2 atom stereocenters. The summed E-state index contributed by atoms with van der Waals surface area (Å²) in [7, 11) is 0. The molecule has 0 unspecified atom stereocenters. The molecule has 2 fully saturated rings. The van der Waals surface area contributed by atoms with Crippen LogP contribution < -0.4 is 10.6 Å². The highest BCUT2D eigenvalue weighted by Gasteiger charge is 2.27. The second-order valence-electron chi connectivity index (χ2n) is 3.65. The van der Waals surface area contributed by atoms with Gasteiger partial charge >= 0.3 is 5.97 Å². The maximum absolute atomic E-state index is 10.2. The van der Waals surface area contributed by atoms with Crippen LogP contribution in [0.25, 0.3) is 0 Å². The highest BCUT2D eigenvalue weighted by atomic mass is 16.4. The van der Waals surface area contributed by atoms with E-state index >= 15 is 0 Å². The summed E-state index contributed by atoms with van der Waals surface area (Å²) in [5.74, 6) is -0.883. The zero-order valence-corrected chi connectivity index (χ0v) is 8.20. The number of aliphatic hydroxyl groups is 1. The van der Waals surface area contributed by atoms with Gasteiger partial charge in [0.15, 0.2) is 0 Å². The van der Waals surface area contributed by atoms with Crippen LogP contribution in [-0.4, -0.2) is 48.0 Å². The van der Waals surface area contributed by atoms with E-state index in [2.05, 4.69) is 10.6 Å². The predicted molar refractivity (Wildman–Crippen MR) is 52.2 cm³/mol. The standard InChI is InChI=1S/C5H9NO3.C4H9N/c7-3-1-4(5(8)9)6-2-3;1-2-4-5-3-1/h3-4,6-7H,1-2H2,(H,8,9);5H,1-4H2/t3-,4-;/m1./s1. The third-order valence-electron chi connectivity index (χ3n) is 2.36. The van der Waals surface area contributed by atoms with E-state index in [-0.39, 0.29) is 0 Å². The fourth-order valence-corrected chi connectivity index (χ4v) is 1.53. The van der Waals surface area contributed by atoms with Crippen LogP contribution in [0.15, 0.2) is 0 Å². The number of carboxylic acid groups (broad SMARTS) is 1. The molecule has 0 aromatic rings. The molecule has 5 heteroatoms. The highest BCUT2D eigenvalue weighted by molar-refractivity contribution is 5.73. The van der Waals surface area contributed by atoms with Crippen molar-refractivity contribution >= 4 is 5.97 Å². The summed E-state index contributed by atoms with van der Waals surface area (Å²) in [6.07, 6.45) is 2.63. The molecular formula is C9H18N2O3. The summed E-state index contributed by atoms with van der Waals surface area (Å²) in [6, 6.07) is -0.542. The zero-order valence-electron chi connectivity index (χ0n) is 8.20. The number of rotatable bonds is 1. The van der Waals surface area contributed by atoms with E-state index < -0.39 is 18.1 Å². The van der Waals surface area contributed by atoms with Crippen molar-refractivity contribution in [2.24, 2.45) is 0 Å². The smallest absolute Gasteiger partial charge is 0.320 e. The maximum Gasteiger partial charge on any atom is 0.320 e. The van der Waals surface area contributed by atoms with Gasteiger partial charge in [-0.05, 0) is 25.9 Å². The molecular weight excluding hydrogens is 184 g/mol. The molecule has 0 aromatic heterocycles. The zero-order chi connectivity index (χ0) is 10.4. The van der Waals surface area contributed by atoms with Crippen LogP contribution in [0.5, 0.6) is 0 Å². The number of carbonyl (C=O) groups is 1. The first kappa shape index (κ1) is 11.4. The average molecular weight is 202 g/mol. The van der Waals surface area contributed by atoms with Crippen LogP contribution in [-0.2, 0) is 4.79 Å². The Balaban J connectivity index is 0.000000165. The lowest BCUT2D eigenvalue weighted by atomic mass is 10.2. The van der Waals surface area contributed by atoms with Crippen LogP contribution in [0, 0.1) is 0 Å². The van der Waals surface area contributed by atoms with Crippen molar-refractivity contribution in [1.82, 2.24) is 10.6 Å². The number of aliphatic carboxylic acids is 1. The van der Waals surface area contributed by atoms with Gasteiger partial charge in [0, 0.05) is 13.0 Å². The molecule has 14 heavy (non-hydrogen) atoms. The SMILES string of the molecule is C1CCNC1.O=C(O)[C@H]1C[C@@H](O)CN1. The van der Waals surface area contributed by atoms with Crippen molar-refractivity contribution < 1.29 is 15.0 Å². The number of hydrogen-bond donors (Lipinski definition) is 4. The van der Waals surface area contributed by atoms with Gasteiger partial charge in [0.25, 0.3) is 0 Å². The van der Waals surface area contributed by atoms with Crippen molar-refractivity contribution in [2.75, 3.05) is 19.6 Å². The second-order valence-corrected chi connectivity index (χ2v) is 3.65. The topological polar surface area (TPSA) is 81.6 Å². The van der Waals surface area contributed by atoms with E-state index in [1.54, 1.807) is 0 Å². The van der Waals surface area contributed by atoms with Gasteiger partial charge in [-0.25, -0.2) is 0 Å². The summed E-state index contributed by atoms with van der Waals surface area (Å²) in [6.45, 7) is 2.90. The van der Waals surface area contributed by atoms with Gasteiger partial charge in [-0.1, -0.05) is 0 Å². The lowest BCUT2D eigenvalue weighted by molar-refractivity contribution is -0.139. The Hall–Kier alpha value is -0.650. The van der Waals surface area contributed by atoms with Crippen molar-refractivity contribution in [2.45, 2.75) is 31.4 Å². The summed E-state index contributed by atoms with van der Waals surface area (Å²) >= 11 is 0. The van der Waals surface area contributed by atoms with Gasteiger partial charge in [0.2, 0.25) is 0 Å². The molecule has 0 aromatic carbocycles. The average Bonchev–Trinajstić information content (AvgIpc) is 2.74. The lowest BCUT2D eigenvalue weighted by Crippen LogP contribution is -2.29. The van der Waals surface area contributed by atoms with Gasteiger partial charge in [-0.2, -0.15) is 0 Å². The molecule has 2 heterocycles. The third-order valence-corrected chi connectivity index (χ3v) is 2.36. The van der Waals surface area contributed by atoms with E-state index in [9.17, 15) is 4.79 Å². The van der Waals surface area contributed by atoms with E-state index in [1.807, 2.05) is 0 Å². The van der Waals surface area contributed by atoms with E-state index in [0.29, 0.717) is 13.0 Å². The van der Waals surface area contributed by atoms with Crippen LogP contribution in [0.1, 0.15) is 19.3 Å². The van der Waals surface area contributed by atoms with Crippen molar-refractivity contribution in [3.63, 3.8) is 0 Å². The minimum atomic E-state index is -0.883. The quantitative estimate of drug-likeness (QED) is 0.446. The van der Waals surface area contributed by atoms with Gasteiger partial charge in [0.05, 0.1) is 6.10 Å². The Morgan fingerprint density at radius 3 is 2.14 bits per heavy atom. The fraction of sp³-hybridized carbons (Fsp3) is 0.889. The summed E-state index contributed by atoms with van der Waals surface area (Å²) in [4.78, 5) is 10.2. The molecule has 0 amide bonds. The number of hydrogen-bond acceptors (Lipinski definition) is 4. The highest BCUT2D eigenvalue weighted by Crippen LogP contribution is 2.05. The molecule has 2 rings (SSSR count). The Kier molecular flexibility index (Phi) is 4.86. The predicted octanol–water partition coefficient (Wildman–Crippen LogP) is -0.836. The van der Waals surface area contributed by atoms with Crippen LogP contribution in [0.2, 0.25) is 0 Å². The van der Waals surface area contributed by atoms with Crippen LogP contribution >= 0.6 is 0 Å². The largest absolute Gasteiger partial charge is 0.480 e. The van der Waals surface area contributed by atoms with Gasteiger partial charge in [-0.3, -0.25) is 4.79 Å². The Morgan fingerprint density at radius 1 is 1.29 bits per heavy atom. The maximum atomic E-state index is 10.2. The monoisotopic (exact) mass is 202 g/mol. The molecule has 0 bridgehead atoms. The van der Waals surface area contributed by atoms with E-state index in [4.69, 9.17) is 10.2 Å². The first-order valence-electron chi connectivity index (χ1n) is 5.05. The Bertz CT molecular complexity index is 175. The van der Waals surface area contributed by atoms with Crippen molar-refractivity contribution in [1.29, 1.82) is 0 Å². The summed E-state index contributed by atoms with van der Waals surface area (Å²) in [5.41, 5.74) is 0. The van der Waals surface area contributed by atoms with Gasteiger partial charge in [-0.15, -0.1) is 0 Å². The molecule has 2 aliphatic heterocycles. The molecule has 82 valence electrons. The Labute approximate surface area is 83.5 Å². The molecule has 0 aliphatic carbocycles. The van der Waals surface area contributed by atoms with Gasteiger partial charge < -0.3 is 20.8 Å².